The number of carbonyl (C=O) groups excluding carboxylic acids is 2. The van der Waals surface area contributed by atoms with Crippen molar-refractivity contribution in [1.29, 1.82) is 0 Å². The molecular weight excluding hydrogens is 468 g/mol. The van der Waals surface area contributed by atoms with Gasteiger partial charge in [0.1, 0.15) is 16.9 Å². The number of halogens is 1. The van der Waals surface area contributed by atoms with Gasteiger partial charge in [0.15, 0.2) is 11.2 Å². The number of rotatable bonds is 4. The van der Waals surface area contributed by atoms with Gasteiger partial charge < -0.3 is 19.5 Å². The van der Waals surface area contributed by atoms with Crippen molar-refractivity contribution in [3.8, 4) is 0 Å². The van der Waals surface area contributed by atoms with E-state index in [-0.39, 0.29) is 22.6 Å². The van der Waals surface area contributed by atoms with Gasteiger partial charge in [0, 0.05) is 22.2 Å². The smallest absolute Gasteiger partial charge is 0.293 e. The molecule has 0 fully saturated rings. The summed E-state index contributed by atoms with van der Waals surface area (Å²) in [5, 5.41) is 6.79. The van der Waals surface area contributed by atoms with Crippen LogP contribution in [-0.2, 0) is 0 Å². The Balaban J connectivity index is 1.55. The zero-order valence-electron chi connectivity index (χ0n) is 18.8. The van der Waals surface area contributed by atoms with E-state index >= 15 is 0 Å². The van der Waals surface area contributed by atoms with Gasteiger partial charge in [0.05, 0.1) is 5.39 Å². The molecule has 2 aromatic heterocycles. The summed E-state index contributed by atoms with van der Waals surface area (Å²) < 4.78 is 11.6. The van der Waals surface area contributed by atoms with Crippen LogP contribution in [0.25, 0.3) is 21.9 Å². The van der Waals surface area contributed by atoms with E-state index in [2.05, 4.69) is 10.6 Å². The maximum absolute atomic E-state index is 13.2. The van der Waals surface area contributed by atoms with Crippen LogP contribution in [0.4, 0.5) is 11.4 Å². The lowest BCUT2D eigenvalue weighted by Crippen LogP contribution is -2.18. The molecule has 174 valence electrons. The second-order valence-electron chi connectivity index (χ2n) is 8.08. The molecule has 0 atom stereocenters. The molecule has 0 aliphatic carbocycles. The summed E-state index contributed by atoms with van der Waals surface area (Å²) in [6.45, 7) is 3.72. The minimum Gasteiger partial charge on any atom is -0.450 e. The van der Waals surface area contributed by atoms with Crippen molar-refractivity contribution < 1.29 is 18.4 Å². The topological polar surface area (TPSA) is 102 Å². The fourth-order valence-corrected chi connectivity index (χ4v) is 4.01. The first kappa shape index (κ1) is 22.4. The summed E-state index contributed by atoms with van der Waals surface area (Å²) in [4.78, 5) is 38.9. The van der Waals surface area contributed by atoms with E-state index in [0.717, 1.165) is 17.2 Å². The molecule has 0 saturated heterocycles. The number of carbonyl (C=O) groups is 2. The first-order chi connectivity index (χ1) is 16.8. The van der Waals surface area contributed by atoms with E-state index < -0.39 is 11.8 Å². The first-order valence-corrected chi connectivity index (χ1v) is 11.1. The van der Waals surface area contributed by atoms with Crippen LogP contribution in [0.1, 0.15) is 32.2 Å². The van der Waals surface area contributed by atoms with Gasteiger partial charge in [0.25, 0.3) is 11.8 Å². The lowest BCUT2D eigenvalue weighted by Gasteiger charge is -2.09. The Morgan fingerprint density at radius 1 is 0.829 bits per heavy atom. The fraction of sp³-hybridized carbons (Fsp3) is 0.0741. The van der Waals surface area contributed by atoms with E-state index in [9.17, 15) is 14.4 Å². The fourth-order valence-electron chi connectivity index (χ4n) is 3.82. The molecule has 35 heavy (non-hydrogen) atoms. The van der Waals surface area contributed by atoms with E-state index in [1.807, 2.05) is 19.9 Å². The normalized spacial score (nSPS) is 11.1. The summed E-state index contributed by atoms with van der Waals surface area (Å²) in [7, 11) is 0. The predicted octanol–water partition coefficient (Wildman–Crippen LogP) is 6.31. The Labute approximate surface area is 204 Å². The van der Waals surface area contributed by atoms with Crippen LogP contribution in [-0.4, -0.2) is 11.8 Å². The van der Waals surface area contributed by atoms with E-state index in [1.54, 1.807) is 54.6 Å². The molecule has 0 saturated carbocycles. The summed E-state index contributed by atoms with van der Waals surface area (Å²) >= 11 is 6.01. The zero-order chi connectivity index (χ0) is 24.7. The lowest BCUT2D eigenvalue weighted by atomic mass is 10.1. The Hall–Kier alpha value is -4.36. The molecule has 8 heteroatoms. The first-order valence-electron chi connectivity index (χ1n) is 10.8. The number of hydrogen-bond donors (Lipinski definition) is 2. The number of fused-ring (bicyclic) bond motifs is 2. The summed E-state index contributed by atoms with van der Waals surface area (Å²) in [5.74, 6) is -1.55. The van der Waals surface area contributed by atoms with Crippen LogP contribution in [0.5, 0.6) is 0 Å². The van der Waals surface area contributed by atoms with Gasteiger partial charge in [-0.25, -0.2) is 0 Å². The number of aryl methyl sites for hydroxylation is 2. The third-order valence-corrected chi connectivity index (χ3v) is 6.00. The van der Waals surface area contributed by atoms with Crippen molar-refractivity contribution in [1.82, 2.24) is 0 Å². The third kappa shape index (κ3) is 4.18. The van der Waals surface area contributed by atoms with E-state index in [1.165, 1.54) is 0 Å². The Morgan fingerprint density at radius 2 is 1.63 bits per heavy atom. The molecule has 5 aromatic rings. The van der Waals surface area contributed by atoms with Crippen molar-refractivity contribution in [3.63, 3.8) is 0 Å². The van der Waals surface area contributed by atoms with Gasteiger partial charge in [-0.3, -0.25) is 14.4 Å². The number of furan rings is 1. The minimum atomic E-state index is -0.687. The number of hydrogen-bond acceptors (Lipinski definition) is 5. The molecule has 3 aromatic carbocycles. The Morgan fingerprint density at radius 3 is 2.43 bits per heavy atom. The lowest BCUT2D eigenvalue weighted by molar-refractivity contribution is 0.0996. The largest absolute Gasteiger partial charge is 0.450 e. The van der Waals surface area contributed by atoms with Crippen LogP contribution in [0, 0.1) is 13.8 Å². The predicted molar refractivity (Wildman–Crippen MR) is 136 cm³/mol. The highest BCUT2D eigenvalue weighted by molar-refractivity contribution is 6.31. The molecule has 0 aliphatic rings. The highest BCUT2D eigenvalue weighted by atomic mass is 35.5. The van der Waals surface area contributed by atoms with Crippen LogP contribution in [0.2, 0.25) is 5.02 Å². The van der Waals surface area contributed by atoms with Crippen molar-refractivity contribution in [2.45, 2.75) is 13.8 Å². The van der Waals surface area contributed by atoms with Crippen molar-refractivity contribution in [2.75, 3.05) is 10.6 Å². The number of benzene rings is 3. The number of para-hydroxylation sites is 1. The molecule has 2 N–H and O–H groups in total. The average molecular weight is 487 g/mol. The van der Waals surface area contributed by atoms with Crippen molar-refractivity contribution in [2.24, 2.45) is 0 Å². The SMILES string of the molecule is Cc1ccc2c(=O)cc(C(=O)Nc3c(C(=O)Nc4cccc(Cl)c4)oc4ccccc34)oc2c1C. The maximum Gasteiger partial charge on any atom is 0.293 e. The molecule has 7 nitrogen and oxygen atoms in total. The summed E-state index contributed by atoms with van der Waals surface area (Å²) in [5.41, 5.74) is 2.74. The van der Waals surface area contributed by atoms with E-state index in [0.29, 0.717) is 32.6 Å². The van der Waals surface area contributed by atoms with Crippen LogP contribution in [0.15, 0.2) is 80.4 Å². The van der Waals surface area contributed by atoms with E-state index in [4.69, 9.17) is 20.4 Å². The van der Waals surface area contributed by atoms with Gasteiger partial charge in [-0.05, 0) is 61.4 Å². The average Bonchev–Trinajstić information content (AvgIpc) is 3.20. The quantitative estimate of drug-likeness (QED) is 0.310. The maximum atomic E-state index is 13.2. The molecule has 5 rings (SSSR count). The molecular formula is C27H19ClN2O5. The van der Waals surface area contributed by atoms with Gasteiger partial charge in [0.2, 0.25) is 5.76 Å². The van der Waals surface area contributed by atoms with Crippen LogP contribution < -0.4 is 16.1 Å². The second kappa shape index (κ2) is 8.77. The second-order valence-corrected chi connectivity index (χ2v) is 8.52. The van der Waals surface area contributed by atoms with Crippen molar-refractivity contribution in [3.05, 3.63) is 105 Å². The third-order valence-electron chi connectivity index (χ3n) is 5.76. The number of anilines is 2. The molecule has 0 unspecified atom stereocenters. The molecule has 2 heterocycles. The van der Waals surface area contributed by atoms with Gasteiger partial charge >= 0.3 is 0 Å². The summed E-state index contributed by atoms with van der Waals surface area (Å²) in [6, 6.07) is 18.2. The summed E-state index contributed by atoms with van der Waals surface area (Å²) in [6.07, 6.45) is 0. The highest BCUT2D eigenvalue weighted by Gasteiger charge is 2.24. The Kier molecular flexibility index (Phi) is 5.62. The minimum absolute atomic E-state index is 0.102. The molecule has 0 spiro atoms. The number of nitrogens with one attached hydrogen (secondary N) is 2. The highest BCUT2D eigenvalue weighted by Crippen LogP contribution is 2.32. The van der Waals surface area contributed by atoms with Gasteiger partial charge in [-0.15, -0.1) is 0 Å². The van der Waals surface area contributed by atoms with Gasteiger partial charge in [-0.2, -0.15) is 0 Å². The zero-order valence-corrected chi connectivity index (χ0v) is 19.5. The van der Waals surface area contributed by atoms with Crippen molar-refractivity contribution >= 4 is 56.7 Å². The van der Waals surface area contributed by atoms with Gasteiger partial charge in [-0.1, -0.05) is 35.9 Å². The monoisotopic (exact) mass is 486 g/mol. The Bertz CT molecular complexity index is 1700. The van der Waals surface area contributed by atoms with Crippen LogP contribution >= 0.6 is 11.6 Å². The number of amides is 2. The molecule has 0 radical (unpaired) electrons. The molecule has 2 amide bonds. The standard InChI is InChI=1S/C27H19ClN2O5/c1-14-10-11-18-20(31)13-22(35-24(18)15(14)2)26(32)30-23-19-8-3-4-9-21(19)34-25(23)27(33)29-17-7-5-6-16(28)12-17/h3-13H,1-2H3,(H,29,33)(H,30,32). The molecule has 0 bridgehead atoms. The van der Waals surface area contributed by atoms with Crippen LogP contribution in [0.3, 0.4) is 0 Å². The molecule has 0 aliphatic heterocycles.